The van der Waals surface area contributed by atoms with Crippen LogP contribution in [0, 0.1) is 17.6 Å². The molecule has 0 fully saturated rings. The summed E-state index contributed by atoms with van der Waals surface area (Å²) < 4.78 is 76.3. The fourth-order valence-electron chi connectivity index (χ4n) is 4.78. The van der Waals surface area contributed by atoms with Crippen molar-refractivity contribution in [3.63, 3.8) is 0 Å². The number of hydrogen-bond acceptors (Lipinski definition) is 4. The Bertz CT molecular complexity index is 1440. The molecule has 0 aromatic heterocycles. The minimum absolute atomic E-state index is 0.113. The van der Waals surface area contributed by atoms with Gasteiger partial charge in [0.15, 0.2) is 17.3 Å². The van der Waals surface area contributed by atoms with Crippen molar-refractivity contribution in [2.24, 2.45) is 11.7 Å². The van der Waals surface area contributed by atoms with Gasteiger partial charge >= 0.3 is 6.18 Å². The van der Waals surface area contributed by atoms with Crippen LogP contribution >= 0.6 is 0 Å². The van der Waals surface area contributed by atoms with Gasteiger partial charge < -0.3 is 15.4 Å². The van der Waals surface area contributed by atoms with E-state index < -0.39 is 59.1 Å². The standard InChI is InChI=1S/C29H25F5N2O3/c1-16-25(18-10-6-13-24(39-2)26(18)31)27(37)19(14-23(35)17-8-4-3-5-9-17)28(38)36(16)15-20-21(29(32,33)34)11-7-12-22(20)30/h3-13,19,23H,14-15,35H2,1-2H3/t19?,23-/m1/s1. The van der Waals surface area contributed by atoms with Crippen molar-refractivity contribution >= 4 is 17.3 Å². The number of ether oxygens (including phenoxy) is 1. The van der Waals surface area contributed by atoms with Crippen LogP contribution in [0.1, 0.15) is 41.6 Å². The molecule has 0 aliphatic carbocycles. The van der Waals surface area contributed by atoms with E-state index in [1.165, 1.54) is 32.2 Å². The second-order valence-electron chi connectivity index (χ2n) is 9.14. The summed E-state index contributed by atoms with van der Waals surface area (Å²) in [6.45, 7) is 0.483. The lowest BCUT2D eigenvalue weighted by Crippen LogP contribution is -2.45. The molecule has 1 aliphatic heterocycles. The zero-order valence-corrected chi connectivity index (χ0v) is 21.1. The molecule has 1 heterocycles. The second kappa shape index (κ2) is 11.0. The lowest BCUT2D eigenvalue weighted by Gasteiger charge is -2.36. The zero-order valence-electron chi connectivity index (χ0n) is 21.1. The molecule has 1 amide bonds. The molecule has 10 heteroatoms. The summed E-state index contributed by atoms with van der Waals surface area (Å²) in [5.74, 6) is -5.27. The Kier molecular flexibility index (Phi) is 7.87. The van der Waals surface area contributed by atoms with Crippen LogP contribution in [0.5, 0.6) is 5.75 Å². The summed E-state index contributed by atoms with van der Waals surface area (Å²) >= 11 is 0. The smallest absolute Gasteiger partial charge is 0.416 e. The Morgan fingerprint density at radius 1 is 0.974 bits per heavy atom. The Labute approximate surface area is 221 Å². The first-order chi connectivity index (χ1) is 18.5. The minimum Gasteiger partial charge on any atom is -0.494 e. The number of halogens is 5. The molecular formula is C29H25F5N2O3. The topological polar surface area (TPSA) is 72.6 Å². The van der Waals surface area contributed by atoms with Gasteiger partial charge in [-0.2, -0.15) is 13.2 Å². The van der Waals surface area contributed by atoms with Gasteiger partial charge in [0.2, 0.25) is 5.91 Å². The number of alkyl halides is 3. The molecule has 0 radical (unpaired) electrons. The number of ketones is 1. The SMILES string of the molecule is COc1cccc(C2=C(C)N(Cc3c(F)cccc3C(F)(F)F)C(=O)C(C[C@@H](N)c3ccccc3)C2=O)c1F. The van der Waals surface area contributed by atoms with Crippen molar-refractivity contribution in [3.8, 4) is 5.75 Å². The van der Waals surface area contributed by atoms with Crippen molar-refractivity contribution in [3.05, 3.63) is 106 Å². The molecule has 39 heavy (non-hydrogen) atoms. The molecule has 0 spiro atoms. The number of rotatable bonds is 7. The highest BCUT2D eigenvalue weighted by molar-refractivity contribution is 6.30. The van der Waals surface area contributed by atoms with Gasteiger partial charge in [0.1, 0.15) is 11.7 Å². The zero-order chi connectivity index (χ0) is 28.5. The maximum absolute atomic E-state index is 15.3. The van der Waals surface area contributed by atoms with Gasteiger partial charge in [0.25, 0.3) is 0 Å². The molecule has 1 aliphatic rings. The van der Waals surface area contributed by atoms with E-state index in [0.717, 1.165) is 17.0 Å². The van der Waals surface area contributed by atoms with Crippen LogP contribution in [0.3, 0.4) is 0 Å². The van der Waals surface area contributed by atoms with Crippen LogP contribution in [-0.2, 0) is 22.3 Å². The summed E-state index contributed by atoms with van der Waals surface area (Å²) in [6.07, 6.45) is -5.11. The molecule has 1 unspecified atom stereocenters. The number of amides is 1. The molecule has 4 rings (SSSR count). The number of allylic oxidation sites excluding steroid dienone is 2. The maximum atomic E-state index is 15.3. The van der Waals surface area contributed by atoms with Crippen LogP contribution in [0.25, 0.3) is 5.57 Å². The van der Waals surface area contributed by atoms with Crippen molar-refractivity contribution in [1.29, 1.82) is 0 Å². The van der Waals surface area contributed by atoms with Gasteiger partial charge in [-0.3, -0.25) is 9.59 Å². The molecule has 0 saturated carbocycles. The molecule has 2 atom stereocenters. The lowest BCUT2D eigenvalue weighted by atomic mass is 9.81. The Morgan fingerprint density at radius 3 is 2.28 bits per heavy atom. The summed E-state index contributed by atoms with van der Waals surface area (Å²) in [7, 11) is 1.24. The maximum Gasteiger partial charge on any atom is 0.416 e. The first-order valence-electron chi connectivity index (χ1n) is 12.0. The number of carbonyl (C=O) groups excluding carboxylic acids is 2. The average molecular weight is 545 g/mol. The Morgan fingerprint density at radius 2 is 1.64 bits per heavy atom. The Hall–Kier alpha value is -4.05. The molecule has 5 nitrogen and oxygen atoms in total. The number of benzene rings is 3. The second-order valence-corrected chi connectivity index (χ2v) is 9.14. The van der Waals surface area contributed by atoms with Crippen LogP contribution in [-0.4, -0.2) is 23.7 Å². The first-order valence-corrected chi connectivity index (χ1v) is 12.0. The van der Waals surface area contributed by atoms with Crippen LogP contribution < -0.4 is 10.5 Å². The predicted octanol–water partition coefficient (Wildman–Crippen LogP) is 6.04. The van der Waals surface area contributed by atoms with Crippen molar-refractivity contribution in [2.75, 3.05) is 7.11 Å². The molecule has 204 valence electrons. The van der Waals surface area contributed by atoms with Gasteiger partial charge in [-0.1, -0.05) is 48.5 Å². The van der Waals surface area contributed by atoms with Crippen molar-refractivity contribution in [1.82, 2.24) is 4.90 Å². The normalized spacial score (nSPS) is 17.0. The van der Waals surface area contributed by atoms with Gasteiger partial charge in [-0.25, -0.2) is 8.78 Å². The van der Waals surface area contributed by atoms with E-state index in [-0.39, 0.29) is 29.0 Å². The molecular weight excluding hydrogens is 519 g/mol. The number of methoxy groups -OCH3 is 1. The Balaban J connectivity index is 1.86. The largest absolute Gasteiger partial charge is 0.494 e. The van der Waals surface area contributed by atoms with E-state index in [4.69, 9.17) is 10.5 Å². The summed E-state index contributed by atoms with van der Waals surface area (Å²) in [5.41, 5.74) is 4.37. The third kappa shape index (κ3) is 5.42. The molecule has 2 N–H and O–H groups in total. The predicted molar refractivity (Wildman–Crippen MR) is 134 cm³/mol. The molecule has 3 aromatic carbocycles. The fraction of sp³-hybridized carbons (Fsp3) is 0.241. The minimum atomic E-state index is -4.90. The average Bonchev–Trinajstić information content (AvgIpc) is 2.90. The third-order valence-electron chi connectivity index (χ3n) is 6.80. The third-order valence-corrected chi connectivity index (χ3v) is 6.80. The lowest BCUT2D eigenvalue weighted by molar-refractivity contribution is -0.143. The number of nitrogens with two attached hydrogens (primary N) is 1. The quantitative estimate of drug-likeness (QED) is 0.291. The van der Waals surface area contributed by atoms with E-state index in [2.05, 4.69) is 0 Å². The van der Waals surface area contributed by atoms with E-state index in [0.29, 0.717) is 11.6 Å². The van der Waals surface area contributed by atoms with Gasteiger partial charge in [-0.05, 0) is 37.1 Å². The highest BCUT2D eigenvalue weighted by Gasteiger charge is 2.43. The van der Waals surface area contributed by atoms with Crippen molar-refractivity contribution < 1.29 is 36.3 Å². The van der Waals surface area contributed by atoms with Gasteiger partial charge in [0, 0.05) is 28.4 Å². The van der Waals surface area contributed by atoms with E-state index >= 15 is 4.39 Å². The summed E-state index contributed by atoms with van der Waals surface area (Å²) in [4.78, 5) is 28.3. The molecule has 0 saturated heterocycles. The summed E-state index contributed by atoms with van der Waals surface area (Å²) in [6, 6.07) is 14.4. The van der Waals surface area contributed by atoms with Crippen LogP contribution in [0.2, 0.25) is 0 Å². The van der Waals surface area contributed by atoms with Crippen molar-refractivity contribution in [2.45, 2.75) is 32.1 Å². The first kappa shape index (κ1) is 28.0. The number of Topliss-reactive ketones (excluding diaryl/α,β-unsaturated/α-hetero) is 1. The summed E-state index contributed by atoms with van der Waals surface area (Å²) in [5, 5.41) is 0. The van der Waals surface area contributed by atoms with E-state index in [1.54, 1.807) is 30.3 Å². The van der Waals surface area contributed by atoms with Crippen LogP contribution in [0.4, 0.5) is 22.0 Å². The van der Waals surface area contributed by atoms with E-state index in [1.807, 2.05) is 0 Å². The fourth-order valence-corrected chi connectivity index (χ4v) is 4.78. The number of nitrogens with zero attached hydrogens (tertiary/aromatic N) is 1. The van der Waals surface area contributed by atoms with Crippen LogP contribution in [0.15, 0.2) is 72.4 Å². The number of carbonyl (C=O) groups is 2. The highest BCUT2D eigenvalue weighted by atomic mass is 19.4. The highest BCUT2D eigenvalue weighted by Crippen LogP contribution is 2.40. The monoisotopic (exact) mass is 544 g/mol. The molecule has 0 bridgehead atoms. The van der Waals surface area contributed by atoms with Gasteiger partial charge in [0.05, 0.1) is 19.2 Å². The van der Waals surface area contributed by atoms with E-state index in [9.17, 15) is 27.2 Å². The number of hydrogen-bond donors (Lipinski definition) is 1. The van der Waals surface area contributed by atoms with Gasteiger partial charge in [-0.15, -0.1) is 0 Å². The molecule has 3 aromatic rings.